The fourth-order valence-electron chi connectivity index (χ4n) is 2.04. The first-order valence-corrected chi connectivity index (χ1v) is 7.20. The summed E-state index contributed by atoms with van der Waals surface area (Å²) >= 11 is 4.99. The van der Waals surface area contributed by atoms with Crippen LogP contribution in [0.2, 0.25) is 0 Å². The largest absolute Gasteiger partial charge is 0.491 e. The molecule has 21 heavy (non-hydrogen) atoms. The molecule has 0 aliphatic rings. The summed E-state index contributed by atoms with van der Waals surface area (Å²) in [6, 6.07) is 7.50. The third-order valence-corrected chi connectivity index (χ3v) is 3.39. The zero-order chi connectivity index (χ0) is 15.4. The maximum Gasteiger partial charge on any atom is 0.328 e. The Morgan fingerprint density at radius 2 is 2.05 bits per heavy atom. The molecule has 0 saturated heterocycles. The van der Waals surface area contributed by atoms with E-state index >= 15 is 0 Å². The van der Waals surface area contributed by atoms with Crippen LogP contribution in [0.4, 0.5) is 0 Å². The van der Waals surface area contributed by atoms with Crippen LogP contribution in [-0.2, 0) is 6.54 Å². The number of hydrogen-bond donors (Lipinski definition) is 1. The number of rotatable bonds is 6. The molecule has 0 atom stereocenters. The Hall–Kier alpha value is -2.08. The van der Waals surface area contributed by atoms with Crippen molar-refractivity contribution in [3.8, 4) is 5.75 Å². The highest BCUT2D eigenvalue weighted by atomic mass is 32.1. The molecule has 1 aromatic carbocycles. The molecule has 0 bridgehead atoms. The van der Waals surface area contributed by atoms with Gasteiger partial charge in [-0.15, -0.1) is 0 Å². The molecule has 112 valence electrons. The Labute approximate surface area is 129 Å². The van der Waals surface area contributed by atoms with Crippen molar-refractivity contribution >= 4 is 17.2 Å². The number of benzene rings is 1. The molecule has 1 aromatic heterocycles. The van der Waals surface area contributed by atoms with E-state index in [9.17, 15) is 4.79 Å². The number of nitrogens with zero attached hydrogens (tertiary/aromatic N) is 2. The summed E-state index contributed by atoms with van der Waals surface area (Å²) in [6.45, 7) is 4.80. The lowest BCUT2D eigenvalue weighted by molar-refractivity contribution is 0.295. The number of thiocarbonyl (C=S) groups is 1. The molecule has 0 spiro atoms. The van der Waals surface area contributed by atoms with Gasteiger partial charge in [0.1, 0.15) is 17.3 Å². The number of ether oxygens (including phenoxy) is 1. The average Bonchev–Trinajstić information content (AvgIpc) is 2.81. The van der Waals surface area contributed by atoms with E-state index in [1.54, 1.807) is 21.5 Å². The fraction of sp³-hybridized carbons (Fsp3) is 0.333. The fourth-order valence-corrected chi connectivity index (χ4v) is 2.21. The van der Waals surface area contributed by atoms with Crippen LogP contribution in [0.1, 0.15) is 25.5 Å². The Bertz CT molecular complexity index is 688. The van der Waals surface area contributed by atoms with Crippen molar-refractivity contribution in [3.63, 3.8) is 0 Å². The molecule has 5 nitrogen and oxygen atoms in total. The molecule has 0 amide bonds. The number of hydrogen-bond acceptors (Lipinski definition) is 3. The van der Waals surface area contributed by atoms with Gasteiger partial charge in [0.15, 0.2) is 0 Å². The molecular formula is C15H19N3O2S. The molecule has 6 heteroatoms. The van der Waals surface area contributed by atoms with Crippen LogP contribution in [0, 0.1) is 0 Å². The van der Waals surface area contributed by atoms with Crippen molar-refractivity contribution in [2.45, 2.75) is 26.4 Å². The van der Waals surface area contributed by atoms with E-state index < -0.39 is 0 Å². The Balaban J connectivity index is 2.03. The predicted molar refractivity (Wildman–Crippen MR) is 86.9 cm³/mol. The van der Waals surface area contributed by atoms with Crippen LogP contribution in [0.5, 0.6) is 5.75 Å². The van der Waals surface area contributed by atoms with Crippen LogP contribution >= 0.6 is 12.2 Å². The van der Waals surface area contributed by atoms with E-state index in [0.717, 1.165) is 0 Å². The van der Waals surface area contributed by atoms with E-state index in [1.807, 2.05) is 38.1 Å². The molecule has 0 fully saturated rings. The van der Waals surface area contributed by atoms with Crippen LogP contribution in [0.15, 0.2) is 41.5 Å². The lowest BCUT2D eigenvalue weighted by Gasteiger charge is -2.10. The van der Waals surface area contributed by atoms with E-state index in [1.165, 1.54) is 0 Å². The zero-order valence-electron chi connectivity index (χ0n) is 12.2. The summed E-state index contributed by atoms with van der Waals surface area (Å²) in [5.41, 5.74) is 6.33. The Kier molecular flexibility index (Phi) is 4.80. The smallest absolute Gasteiger partial charge is 0.328 e. The first-order chi connectivity index (χ1) is 10.0. The van der Waals surface area contributed by atoms with Gasteiger partial charge < -0.3 is 10.5 Å². The highest BCUT2D eigenvalue weighted by molar-refractivity contribution is 7.80. The number of aromatic nitrogens is 2. The van der Waals surface area contributed by atoms with Crippen molar-refractivity contribution in [1.29, 1.82) is 0 Å². The van der Waals surface area contributed by atoms with Crippen LogP contribution < -0.4 is 16.2 Å². The molecule has 0 saturated carbocycles. The molecule has 2 N–H and O–H groups in total. The topological polar surface area (TPSA) is 62.2 Å². The molecule has 0 radical (unpaired) electrons. The van der Waals surface area contributed by atoms with Gasteiger partial charge >= 0.3 is 5.69 Å². The highest BCUT2D eigenvalue weighted by Crippen LogP contribution is 2.17. The van der Waals surface area contributed by atoms with Crippen molar-refractivity contribution in [2.24, 2.45) is 5.73 Å². The van der Waals surface area contributed by atoms with Crippen LogP contribution in [0.3, 0.4) is 0 Å². The SMILES string of the molecule is CC(C)n1ccn(CCOc2ccccc2C(N)=S)c1=O. The molecule has 1 heterocycles. The quantitative estimate of drug-likeness (QED) is 0.829. The second-order valence-electron chi connectivity index (χ2n) is 4.98. The standard InChI is InChI=1S/C15H19N3O2S/c1-11(2)18-8-7-17(15(18)19)9-10-20-13-6-4-3-5-12(13)14(16)21/h3-8,11H,9-10H2,1-2H3,(H2,16,21). The lowest BCUT2D eigenvalue weighted by atomic mass is 10.2. The Morgan fingerprint density at radius 3 is 2.67 bits per heavy atom. The summed E-state index contributed by atoms with van der Waals surface area (Å²) in [5.74, 6) is 0.640. The van der Waals surface area contributed by atoms with Gasteiger partial charge in [0, 0.05) is 18.4 Å². The molecule has 0 unspecified atom stereocenters. The van der Waals surface area contributed by atoms with Gasteiger partial charge in [-0.05, 0) is 26.0 Å². The Morgan fingerprint density at radius 1 is 1.33 bits per heavy atom. The van der Waals surface area contributed by atoms with E-state index in [0.29, 0.717) is 29.5 Å². The summed E-state index contributed by atoms with van der Waals surface area (Å²) < 4.78 is 9.00. The van der Waals surface area contributed by atoms with Crippen molar-refractivity contribution in [3.05, 3.63) is 52.7 Å². The zero-order valence-corrected chi connectivity index (χ0v) is 13.0. The lowest BCUT2D eigenvalue weighted by Crippen LogP contribution is -2.27. The van der Waals surface area contributed by atoms with Crippen molar-refractivity contribution in [2.75, 3.05) is 6.61 Å². The first-order valence-electron chi connectivity index (χ1n) is 6.79. The van der Waals surface area contributed by atoms with E-state index in [4.69, 9.17) is 22.7 Å². The normalized spacial score (nSPS) is 10.8. The third kappa shape index (κ3) is 3.52. The van der Waals surface area contributed by atoms with E-state index in [-0.39, 0.29) is 11.7 Å². The minimum absolute atomic E-state index is 0.0313. The van der Waals surface area contributed by atoms with Crippen LogP contribution in [-0.4, -0.2) is 20.7 Å². The number of nitrogens with two attached hydrogens (primary N) is 1. The third-order valence-electron chi connectivity index (χ3n) is 3.17. The van der Waals surface area contributed by atoms with Crippen molar-refractivity contribution in [1.82, 2.24) is 9.13 Å². The van der Waals surface area contributed by atoms with Gasteiger partial charge in [-0.1, -0.05) is 24.4 Å². The molecular weight excluding hydrogens is 286 g/mol. The minimum atomic E-state index is -0.0313. The van der Waals surface area contributed by atoms with Gasteiger partial charge in [-0.3, -0.25) is 9.13 Å². The van der Waals surface area contributed by atoms with Gasteiger partial charge in [0.05, 0.1) is 12.1 Å². The van der Waals surface area contributed by atoms with E-state index in [2.05, 4.69) is 0 Å². The predicted octanol–water partition coefficient (Wildman–Crippen LogP) is 1.94. The maximum atomic E-state index is 12.1. The second kappa shape index (κ2) is 6.58. The van der Waals surface area contributed by atoms with Gasteiger partial charge in [0.25, 0.3) is 0 Å². The number of para-hydroxylation sites is 1. The van der Waals surface area contributed by atoms with Gasteiger partial charge in [0.2, 0.25) is 0 Å². The molecule has 0 aliphatic heterocycles. The summed E-state index contributed by atoms with van der Waals surface area (Å²) in [7, 11) is 0. The molecule has 2 aromatic rings. The second-order valence-corrected chi connectivity index (χ2v) is 5.42. The number of imidazole rings is 1. The summed E-state index contributed by atoms with van der Waals surface area (Å²) in [5, 5.41) is 0. The van der Waals surface area contributed by atoms with Crippen LogP contribution in [0.25, 0.3) is 0 Å². The summed E-state index contributed by atoms with van der Waals surface area (Å²) in [6.07, 6.45) is 3.56. The average molecular weight is 305 g/mol. The summed E-state index contributed by atoms with van der Waals surface area (Å²) in [4.78, 5) is 12.4. The molecule has 2 rings (SSSR count). The van der Waals surface area contributed by atoms with Gasteiger partial charge in [-0.2, -0.15) is 0 Å². The first kappa shape index (κ1) is 15.3. The highest BCUT2D eigenvalue weighted by Gasteiger charge is 2.08. The maximum absolute atomic E-state index is 12.1. The monoisotopic (exact) mass is 305 g/mol. The van der Waals surface area contributed by atoms with Crippen molar-refractivity contribution < 1.29 is 4.74 Å². The molecule has 0 aliphatic carbocycles. The van der Waals surface area contributed by atoms with Gasteiger partial charge in [-0.25, -0.2) is 4.79 Å². The minimum Gasteiger partial charge on any atom is -0.491 e.